The number of nitro benzene ring substituents is 1. The van der Waals surface area contributed by atoms with Crippen LogP contribution in [-0.4, -0.2) is 48.0 Å². The van der Waals surface area contributed by atoms with Gasteiger partial charge in [0.1, 0.15) is 17.3 Å². The fourth-order valence-corrected chi connectivity index (χ4v) is 3.84. The van der Waals surface area contributed by atoms with E-state index in [-0.39, 0.29) is 5.69 Å². The van der Waals surface area contributed by atoms with Crippen molar-refractivity contribution in [3.8, 4) is 11.3 Å². The molecular weight excluding hydrogens is 418 g/mol. The molecule has 31 heavy (non-hydrogen) atoms. The maximum absolute atomic E-state index is 11.3. The van der Waals surface area contributed by atoms with Gasteiger partial charge in [-0.15, -0.1) is 0 Å². The third-order valence-electron chi connectivity index (χ3n) is 5.37. The summed E-state index contributed by atoms with van der Waals surface area (Å²) in [5.74, 6) is 2.16. The Kier molecular flexibility index (Phi) is 6.50. The first-order chi connectivity index (χ1) is 15.0. The van der Waals surface area contributed by atoms with Crippen LogP contribution in [0.15, 0.2) is 53.1 Å². The highest BCUT2D eigenvalue weighted by atomic mass is 35.5. The molecule has 8 nitrogen and oxygen atoms in total. The van der Waals surface area contributed by atoms with Gasteiger partial charge in [0, 0.05) is 55.6 Å². The maximum Gasteiger partial charge on any atom is 0.281 e. The first kappa shape index (κ1) is 21.3. The van der Waals surface area contributed by atoms with Crippen LogP contribution in [0, 0.1) is 10.1 Å². The number of nitro groups is 1. The number of piperazine rings is 1. The van der Waals surface area contributed by atoms with E-state index >= 15 is 0 Å². The van der Waals surface area contributed by atoms with Crippen LogP contribution in [0.1, 0.15) is 11.3 Å². The highest BCUT2D eigenvalue weighted by molar-refractivity contribution is 6.30. The van der Waals surface area contributed by atoms with Gasteiger partial charge in [-0.3, -0.25) is 10.1 Å². The van der Waals surface area contributed by atoms with Gasteiger partial charge in [-0.1, -0.05) is 17.7 Å². The minimum absolute atomic E-state index is 0.0754. The van der Waals surface area contributed by atoms with Gasteiger partial charge in [0.05, 0.1) is 17.0 Å². The summed E-state index contributed by atoms with van der Waals surface area (Å²) < 4.78 is 5.86. The molecule has 0 aliphatic carbocycles. The van der Waals surface area contributed by atoms with Crippen LogP contribution in [0.2, 0.25) is 5.02 Å². The lowest BCUT2D eigenvalue weighted by atomic mass is 10.1. The molecule has 4 rings (SSSR count). The van der Waals surface area contributed by atoms with Crippen LogP contribution in [0.3, 0.4) is 0 Å². The van der Waals surface area contributed by atoms with Crippen molar-refractivity contribution < 1.29 is 9.34 Å². The molecule has 9 heteroatoms. The van der Waals surface area contributed by atoms with Gasteiger partial charge in [0.2, 0.25) is 0 Å². The second kappa shape index (κ2) is 9.47. The van der Waals surface area contributed by atoms with Crippen molar-refractivity contribution in [2.75, 3.05) is 38.1 Å². The summed E-state index contributed by atoms with van der Waals surface area (Å²) in [6, 6.07) is 12.2. The average molecular weight is 442 g/mol. The molecule has 3 aromatic rings. The Balaban J connectivity index is 1.41. The van der Waals surface area contributed by atoms with E-state index in [9.17, 15) is 10.1 Å². The molecule has 1 fully saturated rings. The van der Waals surface area contributed by atoms with Crippen molar-refractivity contribution in [2.24, 2.45) is 0 Å². The number of nitrogens with one attached hydrogen (secondary N) is 1. The second-order valence-electron chi connectivity index (χ2n) is 7.56. The lowest BCUT2D eigenvalue weighted by molar-refractivity contribution is -0.384. The Morgan fingerprint density at radius 2 is 1.97 bits per heavy atom. The van der Waals surface area contributed by atoms with Crippen molar-refractivity contribution >= 4 is 23.1 Å². The van der Waals surface area contributed by atoms with Gasteiger partial charge in [0.25, 0.3) is 5.69 Å². The van der Waals surface area contributed by atoms with Gasteiger partial charge >= 0.3 is 0 Å². The molecule has 1 aliphatic rings. The summed E-state index contributed by atoms with van der Waals surface area (Å²) in [5.41, 5.74) is 1.46. The van der Waals surface area contributed by atoms with Crippen molar-refractivity contribution in [3.63, 3.8) is 0 Å². The predicted octanol–water partition coefficient (Wildman–Crippen LogP) is 3.94. The molecule has 1 aromatic carbocycles. The van der Waals surface area contributed by atoms with Crippen molar-refractivity contribution in [1.29, 1.82) is 0 Å². The van der Waals surface area contributed by atoms with Gasteiger partial charge in [-0.25, -0.2) is 4.98 Å². The Labute approximate surface area is 185 Å². The van der Waals surface area contributed by atoms with E-state index in [0.717, 1.165) is 37.6 Å². The molecular formula is C22H24ClN5O3. The maximum atomic E-state index is 11.3. The molecule has 1 N–H and O–H groups in total. The zero-order valence-electron chi connectivity index (χ0n) is 17.3. The van der Waals surface area contributed by atoms with Gasteiger partial charge in [-0.2, -0.15) is 0 Å². The number of pyridine rings is 1. The Morgan fingerprint density at radius 3 is 2.74 bits per heavy atom. The largest absolute Gasteiger partial charge is 0.459 e. The quantitative estimate of drug-likeness (QED) is 0.438. The summed E-state index contributed by atoms with van der Waals surface area (Å²) >= 11 is 5.90. The first-order valence-corrected chi connectivity index (χ1v) is 10.5. The molecule has 0 radical (unpaired) electrons. The molecule has 0 spiro atoms. The van der Waals surface area contributed by atoms with Gasteiger partial charge in [0.15, 0.2) is 0 Å². The Bertz CT molecular complexity index is 1060. The summed E-state index contributed by atoms with van der Waals surface area (Å²) in [4.78, 5) is 20.1. The van der Waals surface area contributed by atoms with E-state index in [0.29, 0.717) is 35.2 Å². The lowest BCUT2D eigenvalue weighted by Crippen LogP contribution is -2.45. The van der Waals surface area contributed by atoms with E-state index in [4.69, 9.17) is 16.0 Å². The van der Waals surface area contributed by atoms with Crippen LogP contribution < -0.4 is 10.2 Å². The first-order valence-electron chi connectivity index (χ1n) is 10.1. The third-order valence-corrected chi connectivity index (χ3v) is 5.60. The number of halogens is 1. The standard InChI is InChI=1S/C22H24ClN5O3/c1-26-9-11-27(12-10-26)22-16(3-2-8-25-22)14-24-15-18-5-7-21(31-18)19-6-4-17(23)13-20(19)28(29)30/h2-8,13,24H,9-12,14-15H2,1H3. The number of rotatable bonds is 7. The van der Waals surface area contributed by atoms with E-state index in [2.05, 4.69) is 33.2 Å². The van der Waals surface area contributed by atoms with Crippen LogP contribution in [-0.2, 0) is 13.1 Å². The van der Waals surface area contributed by atoms with Crippen LogP contribution in [0.4, 0.5) is 11.5 Å². The highest BCUT2D eigenvalue weighted by Gasteiger charge is 2.20. The molecule has 162 valence electrons. The summed E-state index contributed by atoms with van der Waals surface area (Å²) in [6.45, 7) is 5.11. The van der Waals surface area contributed by atoms with E-state index in [1.54, 1.807) is 18.2 Å². The highest BCUT2D eigenvalue weighted by Crippen LogP contribution is 2.33. The number of anilines is 1. The number of likely N-dealkylation sites (N-methyl/N-ethyl adjacent to an activating group) is 1. The number of benzene rings is 1. The molecule has 0 amide bonds. The smallest absolute Gasteiger partial charge is 0.281 e. The van der Waals surface area contributed by atoms with E-state index in [1.807, 2.05) is 18.3 Å². The summed E-state index contributed by atoms with van der Waals surface area (Å²) in [5, 5.41) is 15.1. The van der Waals surface area contributed by atoms with E-state index < -0.39 is 4.92 Å². The minimum atomic E-state index is -0.454. The minimum Gasteiger partial charge on any atom is -0.459 e. The van der Waals surface area contributed by atoms with Gasteiger partial charge < -0.3 is 19.5 Å². The lowest BCUT2D eigenvalue weighted by Gasteiger charge is -2.34. The summed E-state index contributed by atoms with van der Waals surface area (Å²) in [6.07, 6.45) is 1.83. The van der Waals surface area contributed by atoms with Gasteiger partial charge in [-0.05, 0) is 37.4 Å². The number of furan rings is 1. The fraction of sp³-hybridized carbons (Fsp3) is 0.318. The molecule has 0 unspecified atom stereocenters. The monoisotopic (exact) mass is 441 g/mol. The normalized spacial score (nSPS) is 14.7. The van der Waals surface area contributed by atoms with Crippen LogP contribution in [0.5, 0.6) is 0 Å². The van der Waals surface area contributed by atoms with E-state index in [1.165, 1.54) is 6.07 Å². The molecule has 2 aromatic heterocycles. The van der Waals surface area contributed by atoms with Crippen molar-refractivity contribution in [1.82, 2.24) is 15.2 Å². The number of hydrogen-bond acceptors (Lipinski definition) is 7. The SMILES string of the molecule is CN1CCN(c2ncccc2CNCc2ccc(-c3ccc(Cl)cc3[N+](=O)[O-])o2)CC1. The molecule has 0 saturated carbocycles. The van der Waals surface area contributed by atoms with Crippen molar-refractivity contribution in [2.45, 2.75) is 13.1 Å². The zero-order chi connectivity index (χ0) is 21.8. The zero-order valence-corrected chi connectivity index (χ0v) is 18.0. The number of nitrogens with zero attached hydrogens (tertiary/aromatic N) is 4. The number of aromatic nitrogens is 1. The van der Waals surface area contributed by atoms with Crippen molar-refractivity contribution in [3.05, 3.63) is 75.1 Å². The fourth-order valence-electron chi connectivity index (χ4n) is 3.67. The molecule has 0 atom stereocenters. The molecule has 0 bridgehead atoms. The summed E-state index contributed by atoms with van der Waals surface area (Å²) in [7, 11) is 2.13. The Hall–Kier alpha value is -2.94. The predicted molar refractivity (Wildman–Crippen MR) is 120 cm³/mol. The molecule has 3 heterocycles. The Morgan fingerprint density at radius 1 is 1.16 bits per heavy atom. The van der Waals surface area contributed by atoms with Crippen LogP contribution in [0.25, 0.3) is 11.3 Å². The third kappa shape index (κ3) is 5.04. The second-order valence-corrected chi connectivity index (χ2v) is 8.00. The van der Waals surface area contributed by atoms with Crippen LogP contribution >= 0.6 is 11.6 Å². The topological polar surface area (TPSA) is 87.7 Å². The molecule has 1 saturated heterocycles. The molecule has 1 aliphatic heterocycles. The number of hydrogen-bond donors (Lipinski definition) is 1. The average Bonchev–Trinajstić information content (AvgIpc) is 3.23.